The number of piperidine rings is 1. The van der Waals surface area contributed by atoms with Crippen molar-refractivity contribution in [3.8, 4) is 11.5 Å². The number of hydrogen-bond donors (Lipinski definition) is 2. The van der Waals surface area contributed by atoms with Gasteiger partial charge < -0.3 is 19.9 Å². The highest BCUT2D eigenvalue weighted by Crippen LogP contribution is 2.76. The van der Waals surface area contributed by atoms with Gasteiger partial charge >= 0.3 is 0 Å². The van der Waals surface area contributed by atoms with Gasteiger partial charge in [-0.2, -0.15) is 0 Å². The predicted octanol–water partition coefficient (Wildman–Crippen LogP) is 5.04. The van der Waals surface area contributed by atoms with Gasteiger partial charge in [-0.05, 0) is 80.5 Å². The zero-order valence-electron chi connectivity index (χ0n) is 22.9. The van der Waals surface area contributed by atoms with Crippen LogP contribution in [0.1, 0.15) is 62.1 Å². The first-order valence-electron chi connectivity index (χ1n) is 15.1. The Hall–Kier alpha value is -2.08. The Morgan fingerprint density at radius 1 is 1.11 bits per heavy atom. The van der Waals surface area contributed by atoms with Gasteiger partial charge in [-0.3, -0.25) is 4.90 Å². The Labute approximate surface area is 226 Å². The number of benzene rings is 2. The van der Waals surface area contributed by atoms with Crippen LogP contribution < -0.4 is 10.1 Å². The molecule has 4 aliphatic carbocycles. The fourth-order valence-electron chi connectivity index (χ4n) is 10.3. The highest BCUT2D eigenvalue weighted by Gasteiger charge is 2.78. The second-order valence-electron chi connectivity index (χ2n) is 13.6. The molecule has 2 aliphatic heterocycles. The second kappa shape index (κ2) is 8.22. The molecule has 38 heavy (non-hydrogen) atoms. The monoisotopic (exact) mass is 514 g/mol. The molecule has 4 bridgehead atoms. The van der Waals surface area contributed by atoms with E-state index >= 15 is 0 Å². The van der Waals surface area contributed by atoms with Gasteiger partial charge in [0.2, 0.25) is 0 Å². The SMILES string of the molecule is COC1[C@@H]2Oc3c(O)ccc4c3C23CCN(CC2CC2)[C@H](C4)[C@]32CCC(C)C1(CNCc1ccccc1)C2. The third kappa shape index (κ3) is 2.93. The zero-order chi connectivity index (χ0) is 25.7. The van der Waals surface area contributed by atoms with E-state index in [2.05, 4.69) is 53.5 Å². The number of phenols is 1. The minimum Gasteiger partial charge on any atom is -0.504 e. The molecule has 3 saturated carbocycles. The number of hydrogen-bond acceptors (Lipinski definition) is 5. The van der Waals surface area contributed by atoms with Crippen molar-refractivity contribution in [3.63, 3.8) is 0 Å². The topological polar surface area (TPSA) is 54.0 Å². The maximum atomic E-state index is 11.1. The lowest BCUT2D eigenvalue weighted by Gasteiger charge is -2.73. The summed E-state index contributed by atoms with van der Waals surface area (Å²) in [6.45, 7) is 6.67. The minimum atomic E-state index is -0.0663. The number of aromatic hydroxyl groups is 1. The van der Waals surface area contributed by atoms with Gasteiger partial charge in [0.15, 0.2) is 11.5 Å². The molecule has 2 aromatic carbocycles. The molecule has 7 atom stereocenters. The lowest BCUT2D eigenvalue weighted by molar-refractivity contribution is -0.252. The van der Waals surface area contributed by atoms with E-state index in [4.69, 9.17) is 9.47 Å². The first-order chi connectivity index (χ1) is 18.5. The Balaban J connectivity index is 1.26. The van der Waals surface area contributed by atoms with Crippen LogP contribution in [0.5, 0.6) is 11.5 Å². The van der Waals surface area contributed by atoms with Crippen LogP contribution in [-0.2, 0) is 23.1 Å². The van der Waals surface area contributed by atoms with E-state index in [-0.39, 0.29) is 28.5 Å². The van der Waals surface area contributed by atoms with E-state index in [1.807, 2.05) is 13.2 Å². The number of nitrogens with one attached hydrogen (secondary N) is 1. The van der Waals surface area contributed by atoms with Crippen molar-refractivity contribution in [2.75, 3.05) is 26.7 Å². The summed E-state index contributed by atoms with van der Waals surface area (Å²) in [5, 5.41) is 15.0. The summed E-state index contributed by atoms with van der Waals surface area (Å²) in [5.74, 6) is 2.52. The molecule has 1 saturated heterocycles. The van der Waals surface area contributed by atoms with Crippen LogP contribution in [0, 0.1) is 22.7 Å². The van der Waals surface area contributed by atoms with E-state index in [0.29, 0.717) is 17.7 Å². The van der Waals surface area contributed by atoms with Gasteiger partial charge in [-0.15, -0.1) is 0 Å². The molecular weight excluding hydrogens is 472 g/mol. The highest BCUT2D eigenvalue weighted by molar-refractivity contribution is 5.62. The number of fused-ring (bicyclic) bond motifs is 1. The largest absolute Gasteiger partial charge is 0.504 e. The molecule has 4 unspecified atom stereocenters. The molecule has 202 valence electrons. The molecule has 8 rings (SSSR count). The van der Waals surface area contributed by atoms with Gasteiger partial charge in [0.1, 0.15) is 12.2 Å². The fourth-order valence-corrected chi connectivity index (χ4v) is 10.3. The molecule has 4 fully saturated rings. The van der Waals surface area contributed by atoms with E-state index in [0.717, 1.165) is 44.1 Å². The molecule has 0 amide bonds. The van der Waals surface area contributed by atoms with Crippen molar-refractivity contribution in [1.29, 1.82) is 0 Å². The lowest BCUT2D eigenvalue weighted by atomic mass is 9.34. The smallest absolute Gasteiger partial charge is 0.165 e. The van der Waals surface area contributed by atoms with Crippen LogP contribution in [-0.4, -0.2) is 55.0 Å². The number of rotatable bonds is 7. The van der Waals surface area contributed by atoms with Crippen LogP contribution in [0.15, 0.2) is 42.5 Å². The van der Waals surface area contributed by atoms with Crippen LogP contribution in [0.3, 0.4) is 0 Å². The molecule has 2 aromatic rings. The average Bonchev–Trinajstić information content (AvgIpc) is 3.67. The van der Waals surface area contributed by atoms with Crippen molar-refractivity contribution in [2.45, 2.75) is 82.1 Å². The third-order valence-electron chi connectivity index (χ3n) is 12.1. The van der Waals surface area contributed by atoms with Crippen LogP contribution >= 0.6 is 0 Å². The summed E-state index contributed by atoms with van der Waals surface area (Å²) in [6, 6.07) is 15.4. The maximum absolute atomic E-state index is 11.1. The number of ether oxygens (including phenoxy) is 2. The van der Waals surface area contributed by atoms with E-state index in [1.165, 1.54) is 55.3 Å². The lowest BCUT2D eigenvalue weighted by Crippen LogP contribution is -2.79. The first-order valence-corrected chi connectivity index (χ1v) is 15.1. The quantitative estimate of drug-likeness (QED) is 0.542. The Bertz CT molecular complexity index is 1250. The summed E-state index contributed by atoms with van der Waals surface area (Å²) in [7, 11) is 1.91. The number of nitrogens with zero attached hydrogens (tertiary/aromatic N) is 1. The Morgan fingerprint density at radius 3 is 2.74 bits per heavy atom. The highest BCUT2D eigenvalue weighted by atomic mass is 16.5. The average molecular weight is 515 g/mol. The molecule has 6 aliphatic rings. The van der Waals surface area contributed by atoms with Crippen molar-refractivity contribution in [2.24, 2.45) is 22.7 Å². The normalized spacial score (nSPS) is 40.5. The molecule has 0 radical (unpaired) electrons. The number of likely N-dealkylation sites (tertiary alicyclic amines) is 1. The summed E-state index contributed by atoms with van der Waals surface area (Å²) in [4.78, 5) is 2.90. The number of methoxy groups -OCH3 is 1. The van der Waals surface area contributed by atoms with E-state index in [1.54, 1.807) is 0 Å². The molecule has 2 spiro atoms. The first kappa shape index (κ1) is 23.8. The van der Waals surface area contributed by atoms with Gasteiger partial charge in [-0.1, -0.05) is 43.3 Å². The summed E-state index contributed by atoms with van der Waals surface area (Å²) in [5.41, 5.74) is 4.18. The second-order valence-corrected chi connectivity index (χ2v) is 13.6. The molecule has 0 aromatic heterocycles. The van der Waals surface area contributed by atoms with Crippen LogP contribution in [0.4, 0.5) is 0 Å². The van der Waals surface area contributed by atoms with E-state index in [9.17, 15) is 5.11 Å². The molecule has 2 N–H and O–H groups in total. The molecule has 2 heterocycles. The number of phenolic OH excluding ortho intramolecular Hbond substituents is 1. The standard InChI is InChI=1S/C33H42N2O3/c1-21-12-13-32-19-31(21,20-34-17-22-6-4-3-5-7-22)29(37-2)30-33(32)14-15-35(18-23-8-9-23)26(32)16-24-10-11-25(36)28(38-30)27(24)33/h3-7,10-11,21,23,26,29-30,34,36H,8-9,12-20H2,1-2H3/t21?,26-,29?,30+,31?,32-,33?/m1/s1. The predicted molar refractivity (Wildman–Crippen MR) is 147 cm³/mol. The minimum absolute atomic E-state index is 0.00798. The van der Waals surface area contributed by atoms with Gasteiger partial charge in [-0.25, -0.2) is 0 Å². The van der Waals surface area contributed by atoms with Crippen molar-refractivity contribution in [3.05, 3.63) is 59.2 Å². The molecule has 5 heteroatoms. The van der Waals surface area contributed by atoms with Gasteiger partial charge in [0.05, 0.1) is 0 Å². The Morgan fingerprint density at radius 2 is 1.95 bits per heavy atom. The summed E-state index contributed by atoms with van der Waals surface area (Å²) < 4.78 is 13.6. The van der Waals surface area contributed by atoms with Gasteiger partial charge in [0.25, 0.3) is 0 Å². The third-order valence-corrected chi connectivity index (χ3v) is 12.1. The summed E-state index contributed by atoms with van der Waals surface area (Å²) in [6.07, 6.45) is 8.62. The van der Waals surface area contributed by atoms with E-state index < -0.39 is 0 Å². The molecule has 5 nitrogen and oxygen atoms in total. The molecular formula is C33H42N2O3. The maximum Gasteiger partial charge on any atom is 0.165 e. The van der Waals surface area contributed by atoms with Gasteiger partial charge in [0, 0.05) is 54.6 Å². The summed E-state index contributed by atoms with van der Waals surface area (Å²) >= 11 is 0. The fraction of sp³-hybridized carbons (Fsp3) is 0.636. The van der Waals surface area contributed by atoms with Crippen LogP contribution in [0.2, 0.25) is 0 Å². The van der Waals surface area contributed by atoms with Crippen LogP contribution in [0.25, 0.3) is 0 Å². The zero-order valence-corrected chi connectivity index (χ0v) is 22.9. The Kier molecular flexibility index (Phi) is 5.14. The van der Waals surface area contributed by atoms with Crippen molar-refractivity contribution < 1.29 is 14.6 Å². The van der Waals surface area contributed by atoms with Crippen molar-refractivity contribution >= 4 is 0 Å². The van der Waals surface area contributed by atoms with Crippen molar-refractivity contribution in [1.82, 2.24) is 10.2 Å².